The molecule has 0 bridgehead atoms. The molecule has 0 saturated carbocycles. The molecular formula is C21H31N3O4S. The van der Waals surface area contributed by atoms with Gasteiger partial charge >= 0.3 is 0 Å². The van der Waals surface area contributed by atoms with E-state index < -0.39 is 16.1 Å². The molecule has 0 aromatic heterocycles. The largest absolute Gasteiger partial charge is 0.341 e. The van der Waals surface area contributed by atoms with Gasteiger partial charge < -0.3 is 10.2 Å². The van der Waals surface area contributed by atoms with Gasteiger partial charge in [-0.05, 0) is 61.3 Å². The van der Waals surface area contributed by atoms with Crippen LogP contribution in [0.15, 0.2) is 23.1 Å². The van der Waals surface area contributed by atoms with E-state index >= 15 is 0 Å². The first-order valence-corrected chi connectivity index (χ1v) is 11.9. The molecule has 1 fully saturated rings. The summed E-state index contributed by atoms with van der Waals surface area (Å²) in [5.74, 6) is 0.210. The van der Waals surface area contributed by atoms with Crippen LogP contribution >= 0.6 is 0 Å². The molecule has 2 heterocycles. The fourth-order valence-electron chi connectivity index (χ4n) is 3.85. The highest BCUT2D eigenvalue weighted by Crippen LogP contribution is 2.26. The Kier molecular flexibility index (Phi) is 6.63. The van der Waals surface area contributed by atoms with Gasteiger partial charge in [-0.1, -0.05) is 20.8 Å². The summed E-state index contributed by atoms with van der Waals surface area (Å²) < 4.78 is 28.7. The second-order valence-corrected chi connectivity index (χ2v) is 10.3. The summed E-state index contributed by atoms with van der Waals surface area (Å²) in [5.41, 5.74) is 1.46. The van der Waals surface area contributed by atoms with E-state index in [1.165, 1.54) is 6.07 Å². The SMILES string of the molecule is CC1CCN(C(=O)[C@H](NS(=O)(=O)c2ccc3c(c2)CCCC(=O)N3)C(C)C)CC1. The maximum Gasteiger partial charge on any atom is 0.241 e. The highest BCUT2D eigenvalue weighted by molar-refractivity contribution is 7.89. The van der Waals surface area contributed by atoms with E-state index in [0.717, 1.165) is 18.4 Å². The number of carbonyl (C=O) groups is 2. The minimum absolute atomic E-state index is 0.0567. The number of fused-ring (bicyclic) bond motifs is 1. The van der Waals surface area contributed by atoms with Gasteiger partial charge in [-0.3, -0.25) is 9.59 Å². The van der Waals surface area contributed by atoms with Crippen molar-refractivity contribution in [2.24, 2.45) is 11.8 Å². The predicted molar refractivity (Wildman–Crippen MR) is 112 cm³/mol. The maximum atomic E-state index is 13.1. The van der Waals surface area contributed by atoms with Crippen LogP contribution in [0.2, 0.25) is 0 Å². The minimum Gasteiger partial charge on any atom is -0.341 e. The van der Waals surface area contributed by atoms with Crippen molar-refractivity contribution >= 4 is 27.5 Å². The predicted octanol–water partition coefficient (Wildman–Crippen LogP) is 2.52. The maximum absolute atomic E-state index is 13.1. The normalized spacial score (nSPS) is 19.4. The Labute approximate surface area is 173 Å². The first kappa shape index (κ1) is 21.8. The Balaban J connectivity index is 1.80. The van der Waals surface area contributed by atoms with Gasteiger partial charge in [-0.2, -0.15) is 4.72 Å². The number of amides is 2. The first-order chi connectivity index (χ1) is 13.7. The summed E-state index contributed by atoms with van der Waals surface area (Å²) in [7, 11) is -3.87. The van der Waals surface area contributed by atoms with Crippen molar-refractivity contribution in [3.05, 3.63) is 23.8 Å². The van der Waals surface area contributed by atoms with Crippen molar-refractivity contribution in [1.82, 2.24) is 9.62 Å². The molecule has 8 heteroatoms. The van der Waals surface area contributed by atoms with Crippen LogP contribution in [0.4, 0.5) is 5.69 Å². The number of sulfonamides is 1. The number of carbonyl (C=O) groups excluding carboxylic acids is 2. The fraction of sp³-hybridized carbons (Fsp3) is 0.619. The molecule has 2 aliphatic rings. The molecule has 160 valence electrons. The third kappa shape index (κ3) is 5.17. The smallest absolute Gasteiger partial charge is 0.241 e. The molecule has 1 aromatic carbocycles. The number of rotatable bonds is 5. The molecule has 0 unspecified atom stereocenters. The summed E-state index contributed by atoms with van der Waals surface area (Å²) >= 11 is 0. The molecule has 1 atom stereocenters. The third-order valence-corrected chi connectivity index (χ3v) is 7.26. The van der Waals surface area contributed by atoms with Crippen LogP contribution in [-0.2, 0) is 26.0 Å². The summed E-state index contributed by atoms with van der Waals surface area (Å²) in [5, 5.41) is 2.81. The first-order valence-electron chi connectivity index (χ1n) is 10.4. The lowest BCUT2D eigenvalue weighted by Gasteiger charge is -2.34. The molecule has 2 N–H and O–H groups in total. The Morgan fingerprint density at radius 2 is 1.90 bits per heavy atom. The number of nitrogens with one attached hydrogen (secondary N) is 2. The number of nitrogens with zero attached hydrogens (tertiary/aromatic N) is 1. The van der Waals surface area contributed by atoms with Gasteiger partial charge in [0.05, 0.1) is 4.90 Å². The topological polar surface area (TPSA) is 95.6 Å². The lowest BCUT2D eigenvalue weighted by Crippen LogP contribution is -2.52. The second-order valence-electron chi connectivity index (χ2n) is 8.57. The van der Waals surface area contributed by atoms with Crippen molar-refractivity contribution in [2.75, 3.05) is 18.4 Å². The second kappa shape index (κ2) is 8.83. The van der Waals surface area contributed by atoms with Crippen LogP contribution in [0.25, 0.3) is 0 Å². The van der Waals surface area contributed by atoms with Crippen molar-refractivity contribution in [1.29, 1.82) is 0 Å². The lowest BCUT2D eigenvalue weighted by molar-refractivity contribution is -0.135. The number of aryl methyl sites for hydroxylation is 1. The van der Waals surface area contributed by atoms with Crippen LogP contribution < -0.4 is 10.0 Å². The van der Waals surface area contributed by atoms with E-state index in [2.05, 4.69) is 17.0 Å². The van der Waals surface area contributed by atoms with Gasteiger partial charge in [0.2, 0.25) is 21.8 Å². The van der Waals surface area contributed by atoms with Gasteiger partial charge in [-0.25, -0.2) is 8.42 Å². The van der Waals surface area contributed by atoms with E-state index in [0.29, 0.717) is 44.0 Å². The number of likely N-dealkylation sites (tertiary alicyclic amines) is 1. The lowest BCUT2D eigenvalue weighted by atomic mass is 9.97. The van der Waals surface area contributed by atoms with Gasteiger partial charge in [0.25, 0.3) is 0 Å². The molecule has 7 nitrogen and oxygen atoms in total. The van der Waals surface area contributed by atoms with E-state index in [1.807, 2.05) is 13.8 Å². The number of piperidine rings is 1. The Morgan fingerprint density at radius 3 is 2.55 bits per heavy atom. The van der Waals surface area contributed by atoms with Crippen molar-refractivity contribution in [3.63, 3.8) is 0 Å². The van der Waals surface area contributed by atoms with Gasteiger partial charge in [-0.15, -0.1) is 0 Å². The summed E-state index contributed by atoms with van der Waals surface area (Å²) in [4.78, 5) is 26.6. The van der Waals surface area contributed by atoms with E-state index in [9.17, 15) is 18.0 Å². The molecule has 3 rings (SSSR count). The summed E-state index contributed by atoms with van der Waals surface area (Å²) in [6.07, 6.45) is 3.62. The zero-order chi connectivity index (χ0) is 21.2. The summed E-state index contributed by atoms with van der Waals surface area (Å²) in [6.45, 7) is 7.21. The molecule has 2 aliphatic heterocycles. The number of hydrogen-bond donors (Lipinski definition) is 2. The molecule has 29 heavy (non-hydrogen) atoms. The summed E-state index contributed by atoms with van der Waals surface area (Å²) in [6, 6.07) is 3.92. The van der Waals surface area contributed by atoms with Gasteiger partial charge in [0.15, 0.2) is 0 Å². The zero-order valence-corrected chi connectivity index (χ0v) is 18.2. The standard InChI is InChI=1S/C21H31N3O4S/c1-14(2)20(21(26)24-11-9-15(3)10-12-24)23-29(27,28)17-7-8-18-16(13-17)5-4-6-19(25)22-18/h7-8,13-15,20,23H,4-6,9-12H2,1-3H3,(H,22,25)/t20-/m1/s1. The van der Waals surface area contributed by atoms with Gasteiger partial charge in [0, 0.05) is 25.2 Å². The molecule has 0 aliphatic carbocycles. The molecule has 0 radical (unpaired) electrons. The molecule has 1 saturated heterocycles. The third-order valence-electron chi connectivity index (χ3n) is 5.82. The van der Waals surface area contributed by atoms with Crippen molar-refractivity contribution in [3.8, 4) is 0 Å². The highest BCUT2D eigenvalue weighted by Gasteiger charge is 2.33. The van der Waals surface area contributed by atoms with E-state index in [4.69, 9.17) is 0 Å². The minimum atomic E-state index is -3.87. The van der Waals surface area contributed by atoms with Crippen molar-refractivity contribution < 1.29 is 18.0 Å². The number of hydrogen-bond acceptors (Lipinski definition) is 4. The van der Waals surface area contributed by atoms with E-state index in [1.54, 1.807) is 17.0 Å². The fourth-order valence-corrected chi connectivity index (χ4v) is 5.24. The van der Waals surface area contributed by atoms with Crippen LogP contribution in [0.1, 0.15) is 52.0 Å². The monoisotopic (exact) mass is 421 g/mol. The molecule has 1 aromatic rings. The zero-order valence-electron chi connectivity index (χ0n) is 17.4. The quantitative estimate of drug-likeness (QED) is 0.764. The Morgan fingerprint density at radius 1 is 1.21 bits per heavy atom. The molecular weight excluding hydrogens is 390 g/mol. The van der Waals surface area contributed by atoms with Gasteiger partial charge in [0.1, 0.15) is 6.04 Å². The van der Waals surface area contributed by atoms with E-state index in [-0.39, 0.29) is 22.6 Å². The average molecular weight is 422 g/mol. The molecule has 2 amide bonds. The van der Waals surface area contributed by atoms with Crippen LogP contribution in [0.5, 0.6) is 0 Å². The van der Waals surface area contributed by atoms with Crippen LogP contribution in [0.3, 0.4) is 0 Å². The highest BCUT2D eigenvalue weighted by atomic mass is 32.2. The van der Waals surface area contributed by atoms with Crippen LogP contribution in [0, 0.1) is 11.8 Å². The number of benzene rings is 1. The number of anilines is 1. The van der Waals surface area contributed by atoms with Crippen LogP contribution in [-0.4, -0.2) is 44.3 Å². The Bertz CT molecular complexity index is 874. The average Bonchev–Trinajstić information content (AvgIpc) is 2.86. The Hall–Kier alpha value is -1.93. The molecule has 0 spiro atoms. The van der Waals surface area contributed by atoms with Crippen molar-refractivity contribution in [2.45, 2.75) is 63.8 Å².